The highest BCUT2D eigenvalue weighted by Crippen LogP contribution is 2.87. The van der Waals surface area contributed by atoms with Crippen LogP contribution in [0, 0.1) is 0 Å². The first kappa shape index (κ1) is 17.1. The Balaban J connectivity index is 1.61. The number of nitrogens with zero attached hydrogens (tertiary/aromatic N) is 6. The highest BCUT2D eigenvalue weighted by Gasteiger charge is 2.85. The molecule has 12 heteroatoms. The van der Waals surface area contributed by atoms with Gasteiger partial charge in [0.2, 0.25) is 0 Å². The lowest BCUT2D eigenvalue weighted by Gasteiger charge is -2.44. The van der Waals surface area contributed by atoms with Crippen molar-refractivity contribution in [1.29, 1.82) is 0 Å². The van der Waals surface area contributed by atoms with Gasteiger partial charge < -0.3 is 0 Å². The van der Waals surface area contributed by atoms with Crippen LogP contribution in [0.5, 0.6) is 0 Å². The minimum Gasteiger partial charge on any atom is -0.134 e. The van der Waals surface area contributed by atoms with Crippen LogP contribution in [0.25, 0.3) is 0 Å². The Morgan fingerprint density at radius 3 is 1.12 bits per heavy atom. The van der Waals surface area contributed by atoms with Gasteiger partial charge in [-0.1, -0.05) is 0 Å². The van der Waals surface area contributed by atoms with Crippen LogP contribution in [-0.2, 0) is 0 Å². The summed E-state index contributed by atoms with van der Waals surface area (Å²) in [4.78, 5) is 12.7. The van der Waals surface area contributed by atoms with E-state index in [2.05, 4.69) is 70.8 Å². The highest BCUT2D eigenvalue weighted by atomic mass is 31.3. The van der Waals surface area contributed by atoms with Gasteiger partial charge in [0, 0.05) is 42.8 Å². The largest absolute Gasteiger partial charge is 0.380 e. The molecule has 0 spiro atoms. The predicted octanol–water partition coefficient (Wildman–Crippen LogP) is 0.187. The molecule has 5 saturated heterocycles. The summed E-state index contributed by atoms with van der Waals surface area (Å²) in [6, 6.07) is 0. The summed E-state index contributed by atoms with van der Waals surface area (Å²) in [5.41, 5.74) is 0. The molecule has 0 radical (unpaired) electrons. The first-order valence-electron chi connectivity index (χ1n) is 8.86. The molecule has 2 unspecified atom stereocenters. The van der Waals surface area contributed by atoms with Crippen molar-refractivity contribution in [2.75, 3.05) is 80.5 Å². The van der Waals surface area contributed by atoms with E-state index >= 15 is 0 Å². The Kier molecular flexibility index (Phi) is 3.89. The average molecular weight is 394 g/mol. The van der Waals surface area contributed by atoms with Crippen molar-refractivity contribution >= 4 is 23.6 Å². The fourth-order valence-corrected chi connectivity index (χ4v) is 20.9. The lowest BCUT2D eigenvalue weighted by Crippen LogP contribution is -2.57. The van der Waals surface area contributed by atoms with Crippen molar-refractivity contribution < 1.29 is 0 Å². The molecule has 0 amide bonds. The van der Waals surface area contributed by atoms with Gasteiger partial charge in [-0.25, -0.2) is 0 Å². The van der Waals surface area contributed by atoms with Crippen LogP contribution >= 0.6 is 23.6 Å². The van der Waals surface area contributed by atoms with Crippen molar-refractivity contribution in [2.45, 2.75) is 0 Å². The van der Waals surface area contributed by atoms with Crippen molar-refractivity contribution in [2.24, 2.45) is 0 Å². The number of nitrogens with one attached hydrogen (secondary N) is 3. The molecule has 5 aliphatic rings. The van der Waals surface area contributed by atoms with Gasteiger partial charge >= 0.3 is 23.6 Å². The van der Waals surface area contributed by atoms with Crippen LogP contribution in [-0.4, -0.2) is 109 Å². The molecule has 0 aromatic carbocycles. The molecular formula is C12H31N9P3+3. The summed E-state index contributed by atoms with van der Waals surface area (Å²) in [7, 11) is 3.91. The monoisotopic (exact) mass is 394 g/mol. The molecule has 5 heterocycles. The Hall–Kier alpha value is 0.930. The maximum atomic E-state index is 4.24. The van der Waals surface area contributed by atoms with Crippen LogP contribution in [0.15, 0.2) is 0 Å². The van der Waals surface area contributed by atoms with E-state index in [0.29, 0.717) is 0 Å². The quantitative estimate of drug-likeness (QED) is 0.433. The van der Waals surface area contributed by atoms with Gasteiger partial charge in [0.1, 0.15) is 0 Å². The Morgan fingerprint density at radius 2 is 0.875 bits per heavy atom. The summed E-state index contributed by atoms with van der Waals surface area (Å²) in [5.74, 6) is 0. The van der Waals surface area contributed by atoms with Gasteiger partial charge in [-0.3, -0.25) is 0 Å². The van der Waals surface area contributed by atoms with Crippen molar-refractivity contribution in [3.63, 3.8) is 0 Å². The van der Waals surface area contributed by atoms with E-state index in [9.17, 15) is 0 Å². The molecule has 3 N–H and O–H groups in total. The molecule has 136 valence electrons. The molecule has 0 bridgehead atoms. The fourth-order valence-electron chi connectivity index (χ4n) is 3.54. The minimum atomic E-state index is -1.73. The second kappa shape index (κ2) is 5.48. The summed E-state index contributed by atoms with van der Waals surface area (Å²) in [6.45, 7) is 9.74. The van der Waals surface area contributed by atoms with Crippen LogP contribution in [0.1, 0.15) is 0 Å². The fraction of sp³-hybridized carbons (Fsp3) is 1.00. The maximum Gasteiger partial charge on any atom is 0.380 e. The van der Waals surface area contributed by atoms with Gasteiger partial charge in [-0.15, -0.1) is 28.0 Å². The normalized spacial score (nSPS) is 42.8. The Labute approximate surface area is 147 Å². The summed E-state index contributed by atoms with van der Waals surface area (Å²) >= 11 is 0. The third-order valence-electron chi connectivity index (χ3n) is 5.33. The second-order valence-corrected chi connectivity index (χ2v) is 17.5. The summed E-state index contributed by atoms with van der Waals surface area (Å²) in [5, 5.41) is 0. The first-order chi connectivity index (χ1) is 11.4. The van der Waals surface area contributed by atoms with E-state index in [0.717, 1.165) is 0 Å². The minimum absolute atomic E-state index is 1.21. The topological polar surface area (TPSA) is 54.6 Å². The lowest BCUT2D eigenvalue weighted by atomic mass is 11.0. The third kappa shape index (κ3) is 2.46. The molecule has 0 aromatic heterocycles. The zero-order valence-corrected chi connectivity index (χ0v) is 17.9. The van der Waals surface area contributed by atoms with Crippen LogP contribution in [0.3, 0.4) is 0 Å². The Morgan fingerprint density at radius 1 is 0.542 bits per heavy atom. The van der Waals surface area contributed by atoms with Gasteiger partial charge in [-0.2, -0.15) is 0 Å². The molecular weight excluding hydrogens is 363 g/mol. The SMILES string of the molecule is CN(C)[P+]1(N2CC2)N[P+](N(C)C)(N2CC2)N[P+](N2CC2)(N2CC2)N1. The zero-order valence-electron chi connectivity index (χ0n) is 15.2. The van der Waals surface area contributed by atoms with Crippen molar-refractivity contribution in [1.82, 2.24) is 42.6 Å². The van der Waals surface area contributed by atoms with E-state index < -0.39 is 23.6 Å². The molecule has 5 rings (SSSR count). The number of hydrogen-bond donors (Lipinski definition) is 3. The standard InChI is InChI=1S/C12H31N9P3/c1-16(2)22(18-5-6-18)13-23(17(3)4,19-7-8-19)15-24(14-22,20-9-10-20)21-11-12-21/h13-15H,5-12H2,1-4H3/q+3. The average Bonchev–Trinajstić information content (AvgIpc) is 3.41. The smallest absolute Gasteiger partial charge is 0.134 e. The van der Waals surface area contributed by atoms with Crippen LogP contribution < -0.4 is 14.6 Å². The van der Waals surface area contributed by atoms with Crippen LogP contribution in [0.2, 0.25) is 0 Å². The van der Waals surface area contributed by atoms with E-state index in [4.69, 9.17) is 0 Å². The van der Waals surface area contributed by atoms with Gasteiger partial charge in [-0.05, 0) is 0 Å². The van der Waals surface area contributed by atoms with Gasteiger partial charge in [0.05, 0.1) is 52.4 Å². The molecule has 5 fully saturated rings. The summed E-state index contributed by atoms with van der Waals surface area (Å²) in [6.07, 6.45) is 0. The summed E-state index contributed by atoms with van der Waals surface area (Å²) < 4.78 is 15.6. The van der Waals surface area contributed by atoms with Gasteiger partial charge in [0.15, 0.2) is 0 Å². The molecule has 2 atom stereocenters. The second-order valence-electron chi connectivity index (χ2n) is 7.61. The highest BCUT2D eigenvalue weighted by molar-refractivity contribution is 7.97. The molecule has 0 aliphatic carbocycles. The lowest BCUT2D eigenvalue weighted by molar-refractivity contribution is 0.553. The molecule has 5 aliphatic heterocycles. The van der Waals surface area contributed by atoms with E-state index in [1.54, 1.807) is 0 Å². The van der Waals surface area contributed by atoms with E-state index in [1.807, 2.05) is 0 Å². The predicted molar refractivity (Wildman–Crippen MR) is 104 cm³/mol. The Bertz CT molecular complexity index is 433. The van der Waals surface area contributed by atoms with Crippen molar-refractivity contribution in [3.05, 3.63) is 0 Å². The van der Waals surface area contributed by atoms with Gasteiger partial charge in [0.25, 0.3) is 0 Å². The molecule has 9 nitrogen and oxygen atoms in total. The third-order valence-corrected chi connectivity index (χ3v) is 19.2. The van der Waals surface area contributed by atoms with E-state index in [1.165, 1.54) is 52.4 Å². The van der Waals surface area contributed by atoms with E-state index in [-0.39, 0.29) is 0 Å². The number of rotatable bonds is 6. The first-order valence-corrected chi connectivity index (χ1v) is 13.9. The molecule has 0 aromatic rings. The number of hydrogen-bond acceptors (Lipinski definition) is 9. The van der Waals surface area contributed by atoms with Crippen LogP contribution in [0.4, 0.5) is 0 Å². The molecule has 24 heavy (non-hydrogen) atoms. The zero-order chi connectivity index (χ0) is 16.7. The van der Waals surface area contributed by atoms with Crippen molar-refractivity contribution in [3.8, 4) is 0 Å². The maximum absolute atomic E-state index is 4.24. The molecule has 0 saturated carbocycles.